The van der Waals surface area contributed by atoms with Crippen molar-refractivity contribution in [2.75, 3.05) is 26.2 Å². The quantitative estimate of drug-likeness (QED) is 0.818. The molecule has 1 atom stereocenters. The largest absolute Gasteiger partial charge is 0.494 e. The van der Waals surface area contributed by atoms with Crippen LogP contribution in [0.3, 0.4) is 0 Å². The topological polar surface area (TPSA) is 104 Å². The van der Waals surface area contributed by atoms with E-state index in [-0.39, 0.29) is 30.4 Å². The van der Waals surface area contributed by atoms with E-state index in [4.69, 9.17) is 4.74 Å². The van der Waals surface area contributed by atoms with E-state index >= 15 is 0 Å². The Balaban J connectivity index is 2.29. The molecule has 8 nitrogen and oxygen atoms in total. The van der Waals surface area contributed by atoms with Crippen molar-refractivity contribution in [1.82, 2.24) is 9.21 Å². The molecule has 0 aliphatic carbocycles. The van der Waals surface area contributed by atoms with Crippen LogP contribution in [0.2, 0.25) is 0 Å². The maximum atomic E-state index is 12.8. The lowest BCUT2D eigenvalue weighted by Gasteiger charge is -2.37. The molecule has 1 heterocycles. The molecule has 1 N–H and O–H groups in total. The number of carbonyl (C=O) groups excluding carboxylic acids is 1. The first-order valence-corrected chi connectivity index (χ1v) is 8.94. The van der Waals surface area contributed by atoms with Crippen molar-refractivity contribution < 1.29 is 27.9 Å². The van der Waals surface area contributed by atoms with E-state index in [0.29, 0.717) is 12.4 Å². The van der Waals surface area contributed by atoms with Gasteiger partial charge in [0.25, 0.3) is 0 Å². The fraction of sp³-hybridized carbons (Fsp3) is 0.467. The molecule has 1 aromatic rings. The molecule has 1 aliphatic rings. The fourth-order valence-corrected chi connectivity index (χ4v) is 4.12. The lowest BCUT2D eigenvalue weighted by atomic mass is 10.2. The van der Waals surface area contributed by atoms with Gasteiger partial charge in [-0.2, -0.15) is 4.31 Å². The van der Waals surface area contributed by atoms with Gasteiger partial charge in [0.2, 0.25) is 15.9 Å². The zero-order valence-electron chi connectivity index (χ0n) is 13.5. The third kappa shape index (κ3) is 3.68. The molecule has 24 heavy (non-hydrogen) atoms. The van der Waals surface area contributed by atoms with E-state index in [1.807, 2.05) is 6.92 Å². The van der Waals surface area contributed by atoms with Crippen LogP contribution in [0, 0.1) is 0 Å². The van der Waals surface area contributed by atoms with Gasteiger partial charge in [0, 0.05) is 26.6 Å². The first-order valence-electron chi connectivity index (χ1n) is 7.50. The Bertz CT molecular complexity index is 716. The maximum absolute atomic E-state index is 12.8. The summed E-state index contributed by atoms with van der Waals surface area (Å²) in [6, 6.07) is 4.52. The molecule has 0 radical (unpaired) electrons. The number of carbonyl (C=O) groups is 2. The summed E-state index contributed by atoms with van der Waals surface area (Å²) in [6.07, 6.45) is 0. The Kier molecular flexibility index (Phi) is 5.45. The summed E-state index contributed by atoms with van der Waals surface area (Å²) in [5.74, 6) is -1.03. The van der Waals surface area contributed by atoms with Crippen molar-refractivity contribution in [3.8, 4) is 5.75 Å². The molecule has 1 amide bonds. The van der Waals surface area contributed by atoms with Gasteiger partial charge in [-0.05, 0) is 31.2 Å². The van der Waals surface area contributed by atoms with Gasteiger partial charge in [-0.15, -0.1) is 0 Å². The van der Waals surface area contributed by atoms with Crippen molar-refractivity contribution in [3.05, 3.63) is 24.3 Å². The lowest BCUT2D eigenvalue weighted by Crippen LogP contribution is -2.58. The normalized spacial score (nSPS) is 19.1. The molecule has 9 heteroatoms. The van der Waals surface area contributed by atoms with E-state index in [9.17, 15) is 23.1 Å². The molecule has 1 fully saturated rings. The number of hydrogen-bond donors (Lipinski definition) is 1. The smallest absolute Gasteiger partial charge is 0.323 e. The first kappa shape index (κ1) is 18.2. The number of hydrogen-bond acceptors (Lipinski definition) is 5. The lowest BCUT2D eigenvalue weighted by molar-refractivity contribution is -0.145. The van der Waals surface area contributed by atoms with Crippen molar-refractivity contribution >= 4 is 21.9 Å². The van der Waals surface area contributed by atoms with Crippen LogP contribution in [0.1, 0.15) is 13.8 Å². The second kappa shape index (κ2) is 7.18. The Morgan fingerprint density at radius 1 is 1.25 bits per heavy atom. The average Bonchev–Trinajstić information content (AvgIpc) is 2.55. The minimum Gasteiger partial charge on any atom is -0.494 e. The highest BCUT2D eigenvalue weighted by Gasteiger charge is 2.40. The monoisotopic (exact) mass is 356 g/mol. The molecular formula is C15H20N2O6S. The highest BCUT2D eigenvalue weighted by atomic mass is 32.2. The maximum Gasteiger partial charge on any atom is 0.323 e. The van der Waals surface area contributed by atoms with Crippen LogP contribution >= 0.6 is 0 Å². The number of nitrogens with zero attached hydrogens (tertiary/aromatic N) is 2. The molecule has 0 saturated carbocycles. The summed E-state index contributed by atoms with van der Waals surface area (Å²) in [6.45, 7) is 3.54. The summed E-state index contributed by atoms with van der Waals surface area (Å²) in [7, 11) is -3.98. The Morgan fingerprint density at radius 2 is 1.88 bits per heavy atom. The third-order valence-corrected chi connectivity index (χ3v) is 5.73. The van der Waals surface area contributed by atoms with Gasteiger partial charge in [-0.1, -0.05) is 0 Å². The van der Waals surface area contributed by atoms with Crippen molar-refractivity contribution in [2.45, 2.75) is 24.8 Å². The van der Waals surface area contributed by atoms with Crippen LogP contribution < -0.4 is 4.74 Å². The number of rotatable bonds is 5. The van der Waals surface area contributed by atoms with E-state index in [1.54, 1.807) is 0 Å². The molecule has 1 aromatic carbocycles. The second-order valence-corrected chi connectivity index (χ2v) is 7.23. The molecular weight excluding hydrogens is 336 g/mol. The molecule has 0 spiro atoms. The van der Waals surface area contributed by atoms with Crippen molar-refractivity contribution in [2.24, 2.45) is 0 Å². The number of benzene rings is 1. The number of amides is 1. The van der Waals surface area contributed by atoms with E-state index in [2.05, 4.69) is 0 Å². The third-order valence-electron chi connectivity index (χ3n) is 3.80. The van der Waals surface area contributed by atoms with Crippen LogP contribution in [0.25, 0.3) is 0 Å². The van der Waals surface area contributed by atoms with E-state index < -0.39 is 22.0 Å². The Morgan fingerprint density at radius 3 is 2.38 bits per heavy atom. The minimum absolute atomic E-state index is 0.00604. The van der Waals surface area contributed by atoms with E-state index in [1.165, 1.54) is 36.1 Å². The zero-order valence-corrected chi connectivity index (χ0v) is 14.3. The van der Waals surface area contributed by atoms with Gasteiger partial charge >= 0.3 is 5.97 Å². The molecule has 2 rings (SSSR count). The Hall–Kier alpha value is -2.13. The molecule has 0 bridgehead atoms. The van der Waals surface area contributed by atoms with Gasteiger partial charge < -0.3 is 14.7 Å². The standard InChI is InChI=1S/C15H20N2O6S/c1-3-23-12-4-6-13(7-5-12)24(21,22)17-9-8-16(11(2)18)10-14(17)15(19)20/h4-7,14H,3,8-10H2,1-2H3,(H,19,20)/t14-/m1/s1. The van der Waals surface area contributed by atoms with Crippen molar-refractivity contribution in [1.29, 1.82) is 0 Å². The van der Waals surface area contributed by atoms with Gasteiger partial charge in [0.1, 0.15) is 11.8 Å². The number of sulfonamides is 1. The van der Waals surface area contributed by atoms with E-state index in [0.717, 1.165) is 4.31 Å². The number of carboxylic acids is 1. The Labute approximate surface area is 140 Å². The molecule has 1 aliphatic heterocycles. The van der Waals surface area contributed by atoms with Crippen LogP contribution in [-0.4, -0.2) is 66.9 Å². The molecule has 132 valence electrons. The first-order chi connectivity index (χ1) is 11.3. The summed E-state index contributed by atoms with van der Waals surface area (Å²) in [5, 5.41) is 9.37. The zero-order chi connectivity index (χ0) is 17.9. The van der Waals surface area contributed by atoms with Gasteiger partial charge in [-0.25, -0.2) is 8.42 Å². The van der Waals surface area contributed by atoms with Crippen LogP contribution in [0.15, 0.2) is 29.2 Å². The van der Waals surface area contributed by atoms with Crippen LogP contribution in [0.4, 0.5) is 0 Å². The average molecular weight is 356 g/mol. The van der Waals surface area contributed by atoms with Crippen LogP contribution in [0.5, 0.6) is 5.75 Å². The number of piperazine rings is 1. The summed E-state index contributed by atoms with van der Waals surface area (Å²) in [4.78, 5) is 24.3. The molecule has 1 saturated heterocycles. The van der Waals surface area contributed by atoms with Crippen molar-refractivity contribution in [3.63, 3.8) is 0 Å². The predicted octanol–water partition coefficient (Wildman–Crippen LogP) is 0.391. The summed E-state index contributed by atoms with van der Waals surface area (Å²) in [5.41, 5.74) is 0. The second-order valence-electron chi connectivity index (χ2n) is 5.34. The summed E-state index contributed by atoms with van der Waals surface area (Å²) < 4.78 is 31.7. The minimum atomic E-state index is -3.98. The van der Waals surface area contributed by atoms with Gasteiger partial charge in [-0.3, -0.25) is 9.59 Å². The highest BCUT2D eigenvalue weighted by Crippen LogP contribution is 2.24. The molecule has 0 aromatic heterocycles. The number of ether oxygens (including phenoxy) is 1. The highest BCUT2D eigenvalue weighted by molar-refractivity contribution is 7.89. The van der Waals surface area contributed by atoms with Crippen LogP contribution in [-0.2, 0) is 19.6 Å². The predicted molar refractivity (Wildman–Crippen MR) is 85.2 cm³/mol. The number of aliphatic carboxylic acids is 1. The fourth-order valence-electron chi connectivity index (χ4n) is 2.55. The number of carboxylic acid groups (broad SMARTS) is 1. The van der Waals surface area contributed by atoms with Gasteiger partial charge in [0.05, 0.1) is 11.5 Å². The van der Waals surface area contributed by atoms with Gasteiger partial charge in [0.15, 0.2) is 0 Å². The molecule has 0 unspecified atom stereocenters. The SMILES string of the molecule is CCOc1ccc(S(=O)(=O)N2CCN(C(C)=O)C[C@@H]2C(=O)O)cc1. The summed E-state index contributed by atoms with van der Waals surface area (Å²) >= 11 is 0.